The standard InChI is InChI=1S/C12H16N4O/c1-2-12(16-8-5-14-10-16)17-11(1)9-15-6-3-13-4-7-15/h1-2,5,8,10,13H,3-4,6-7,9H2. The number of piperazine rings is 1. The minimum absolute atomic E-state index is 0.827. The summed E-state index contributed by atoms with van der Waals surface area (Å²) in [5, 5.41) is 3.34. The lowest BCUT2D eigenvalue weighted by Gasteiger charge is -2.26. The van der Waals surface area contributed by atoms with Gasteiger partial charge >= 0.3 is 0 Å². The van der Waals surface area contributed by atoms with Gasteiger partial charge in [-0.1, -0.05) is 0 Å². The third-order valence-corrected chi connectivity index (χ3v) is 3.00. The maximum atomic E-state index is 5.79. The second kappa shape index (κ2) is 4.73. The number of nitrogens with zero attached hydrogens (tertiary/aromatic N) is 3. The summed E-state index contributed by atoms with van der Waals surface area (Å²) in [5.41, 5.74) is 0. The van der Waals surface area contributed by atoms with Crippen LogP contribution in [0, 0.1) is 0 Å². The Bertz CT molecular complexity index is 457. The Hall–Kier alpha value is -1.59. The van der Waals surface area contributed by atoms with Crippen LogP contribution in [0.5, 0.6) is 0 Å². The van der Waals surface area contributed by atoms with Crippen molar-refractivity contribution in [3.8, 4) is 5.88 Å². The van der Waals surface area contributed by atoms with Crippen LogP contribution in [0.25, 0.3) is 5.88 Å². The molecule has 1 saturated heterocycles. The van der Waals surface area contributed by atoms with Crippen LogP contribution in [0.2, 0.25) is 0 Å². The molecule has 0 unspecified atom stereocenters. The van der Waals surface area contributed by atoms with Gasteiger partial charge in [-0.15, -0.1) is 0 Å². The zero-order chi connectivity index (χ0) is 11.5. The van der Waals surface area contributed by atoms with E-state index in [1.165, 1.54) is 0 Å². The molecule has 0 aromatic carbocycles. The van der Waals surface area contributed by atoms with Gasteiger partial charge in [0.25, 0.3) is 0 Å². The second-order valence-electron chi connectivity index (χ2n) is 4.24. The predicted molar refractivity (Wildman–Crippen MR) is 64.0 cm³/mol. The molecule has 5 heteroatoms. The van der Waals surface area contributed by atoms with Crippen molar-refractivity contribution in [2.75, 3.05) is 26.2 Å². The average Bonchev–Trinajstić information content (AvgIpc) is 3.00. The van der Waals surface area contributed by atoms with E-state index in [2.05, 4.69) is 15.2 Å². The van der Waals surface area contributed by atoms with E-state index in [4.69, 9.17) is 4.42 Å². The summed E-state index contributed by atoms with van der Waals surface area (Å²) >= 11 is 0. The number of nitrogens with one attached hydrogen (secondary N) is 1. The molecular formula is C12H16N4O. The first-order chi connectivity index (χ1) is 8.42. The molecular weight excluding hydrogens is 216 g/mol. The molecule has 17 heavy (non-hydrogen) atoms. The quantitative estimate of drug-likeness (QED) is 0.853. The molecule has 0 bridgehead atoms. The van der Waals surface area contributed by atoms with E-state index in [-0.39, 0.29) is 0 Å². The molecule has 1 N–H and O–H groups in total. The summed E-state index contributed by atoms with van der Waals surface area (Å²) in [7, 11) is 0. The number of hydrogen-bond acceptors (Lipinski definition) is 4. The van der Waals surface area contributed by atoms with Gasteiger partial charge in [-0.2, -0.15) is 0 Å². The average molecular weight is 232 g/mol. The van der Waals surface area contributed by atoms with Gasteiger partial charge in [0, 0.05) is 44.6 Å². The van der Waals surface area contributed by atoms with E-state index in [0.29, 0.717) is 0 Å². The minimum atomic E-state index is 0.827. The summed E-state index contributed by atoms with van der Waals surface area (Å²) < 4.78 is 7.67. The fourth-order valence-corrected chi connectivity index (χ4v) is 2.07. The SMILES string of the molecule is c1cn(-c2ccc(CN3CCNCC3)o2)cn1. The van der Waals surface area contributed by atoms with Crippen LogP contribution in [0.15, 0.2) is 35.3 Å². The van der Waals surface area contributed by atoms with Gasteiger partial charge < -0.3 is 9.73 Å². The number of furan rings is 1. The highest BCUT2D eigenvalue weighted by atomic mass is 16.4. The molecule has 1 aliphatic rings. The van der Waals surface area contributed by atoms with Crippen molar-refractivity contribution in [3.63, 3.8) is 0 Å². The molecule has 2 aromatic heterocycles. The van der Waals surface area contributed by atoms with Gasteiger partial charge in [-0.25, -0.2) is 4.98 Å². The first-order valence-electron chi connectivity index (χ1n) is 5.92. The van der Waals surface area contributed by atoms with E-state index in [0.717, 1.165) is 44.4 Å². The van der Waals surface area contributed by atoms with Crippen LogP contribution in [0.1, 0.15) is 5.76 Å². The highest BCUT2D eigenvalue weighted by molar-refractivity contribution is 5.21. The third-order valence-electron chi connectivity index (χ3n) is 3.00. The van der Waals surface area contributed by atoms with Gasteiger partial charge in [0.2, 0.25) is 5.88 Å². The second-order valence-corrected chi connectivity index (χ2v) is 4.24. The zero-order valence-electron chi connectivity index (χ0n) is 9.67. The van der Waals surface area contributed by atoms with Crippen LogP contribution < -0.4 is 5.32 Å². The van der Waals surface area contributed by atoms with E-state index >= 15 is 0 Å². The molecule has 90 valence electrons. The van der Waals surface area contributed by atoms with Crippen LogP contribution in [0.4, 0.5) is 0 Å². The van der Waals surface area contributed by atoms with E-state index < -0.39 is 0 Å². The Balaban J connectivity index is 1.68. The van der Waals surface area contributed by atoms with Crippen LogP contribution in [-0.2, 0) is 6.54 Å². The van der Waals surface area contributed by atoms with Crippen molar-refractivity contribution in [1.29, 1.82) is 0 Å². The monoisotopic (exact) mass is 232 g/mol. The summed E-state index contributed by atoms with van der Waals surface area (Å²) in [6.07, 6.45) is 5.37. The molecule has 2 aromatic rings. The number of imidazole rings is 1. The Morgan fingerprint density at radius 2 is 2.18 bits per heavy atom. The van der Waals surface area contributed by atoms with Gasteiger partial charge in [-0.3, -0.25) is 9.47 Å². The fraction of sp³-hybridized carbons (Fsp3) is 0.417. The van der Waals surface area contributed by atoms with Gasteiger partial charge in [0.15, 0.2) is 0 Å². The number of rotatable bonds is 3. The van der Waals surface area contributed by atoms with Gasteiger partial charge in [-0.05, 0) is 6.07 Å². The van der Waals surface area contributed by atoms with Crippen molar-refractivity contribution in [2.24, 2.45) is 0 Å². The highest BCUT2D eigenvalue weighted by Crippen LogP contribution is 2.14. The molecule has 0 aliphatic carbocycles. The Morgan fingerprint density at radius 1 is 1.29 bits per heavy atom. The maximum Gasteiger partial charge on any atom is 0.204 e. The van der Waals surface area contributed by atoms with Crippen molar-refractivity contribution in [1.82, 2.24) is 19.8 Å². The Morgan fingerprint density at radius 3 is 2.94 bits per heavy atom. The molecule has 0 spiro atoms. The van der Waals surface area contributed by atoms with Crippen molar-refractivity contribution in [2.45, 2.75) is 6.54 Å². The van der Waals surface area contributed by atoms with Crippen LogP contribution >= 0.6 is 0 Å². The van der Waals surface area contributed by atoms with Crippen LogP contribution in [-0.4, -0.2) is 40.6 Å². The summed E-state index contributed by atoms with van der Waals surface area (Å²) in [4.78, 5) is 6.40. The first-order valence-corrected chi connectivity index (χ1v) is 5.92. The summed E-state index contributed by atoms with van der Waals surface area (Å²) in [5.74, 6) is 1.84. The first kappa shape index (κ1) is 10.6. The van der Waals surface area contributed by atoms with Crippen LogP contribution in [0.3, 0.4) is 0 Å². The summed E-state index contributed by atoms with van der Waals surface area (Å²) in [6, 6.07) is 4.02. The number of hydrogen-bond donors (Lipinski definition) is 1. The van der Waals surface area contributed by atoms with E-state index in [1.54, 1.807) is 12.5 Å². The van der Waals surface area contributed by atoms with E-state index in [1.807, 2.05) is 22.9 Å². The summed E-state index contributed by atoms with van der Waals surface area (Å²) in [6.45, 7) is 5.18. The van der Waals surface area contributed by atoms with Crippen molar-refractivity contribution in [3.05, 3.63) is 36.6 Å². The molecule has 3 rings (SSSR count). The maximum absolute atomic E-state index is 5.79. The Kier molecular flexibility index (Phi) is 2.94. The lowest BCUT2D eigenvalue weighted by atomic mass is 10.3. The molecule has 0 amide bonds. The molecule has 0 radical (unpaired) electrons. The molecule has 3 heterocycles. The number of aromatic nitrogens is 2. The van der Waals surface area contributed by atoms with Gasteiger partial charge in [0.1, 0.15) is 12.1 Å². The molecule has 0 atom stereocenters. The third kappa shape index (κ3) is 2.40. The van der Waals surface area contributed by atoms with Gasteiger partial charge in [0.05, 0.1) is 6.54 Å². The highest BCUT2D eigenvalue weighted by Gasteiger charge is 2.12. The lowest BCUT2D eigenvalue weighted by molar-refractivity contribution is 0.216. The smallest absolute Gasteiger partial charge is 0.204 e. The minimum Gasteiger partial charge on any atom is -0.443 e. The zero-order valence-corrected chi connectivity index (χ0v) is 9.67. The van der Waals surface area contributed by atoms with E-state index in [9.17, 15) is 0 Å². The molecule has 5 nitrogen and oxygen atoms in total. The topological polar surface area (TPSA) is 46.2 Å². The predicted octanol–water partition coefficient (Wildman–Crippen LogP) is 0.871. The largest absolute Gasteiger partial charge is 0.443 e. The molecule has 1 fully saturated rings. The Labute approximate surface area is 100 Å². The molecule has 0 saturated carbocycles. The fourth-order valence-electron chi connectivity index (χ4n) is 2.07. The molecule has 1 aliphatic heterocycles. The van der Waals surface area contributed by atoms with Crippen molar-refractivity contribution < 1.29 is 4.42 Å². The van der Waals surface area contributed by atoms with Crippen molar-refractivity contribution >= 4 is 0 Å². The lowest BCUT2D eigenvalue weighted by Crippen LogP contribution is -2.42. The normalized spacial score (nSPS) is 17.4.